The van der Waals surface area contributed by atoms with Gasteiger partial charge in [0.25, 0.3) is 0 Å². The summed E-state index contributed by atoms with van der Waals surface area (Å²) in [6, 6.07) is 6.64. The number of rotatable bonds is 6. The van der Waals surface area contributed by atoms with E-state index in [1.54, 1.807) is 43.1 Å². The second-order valence-corrected chi connectivity index (χ2v) is 4.82. The Morgan fingerprint density at radius 1 is 1.21 bits per heavy atom. The van der Waals surface area contributed by atoms with Crippen LogP contribution in [0, 0.1) is 5.92 Å². The minimum absolute atomic E-state index is 0.00120. The molecular formula is C14H19NO4. The highest BCUT2D eigenvalue weighted by atomic mass is 16.4. The molecule has 0 aromatic heterocycles. The van der Waals surface area contributed by atoms with Gasteiger partial charge in [-0.15, -0.1) is 0 Å². The number of aromatic hydroxyl groups is 1. The molecule has 1 rings (SSSR count). The molecule has 0 spiro atoms. The summed E-state index contributed by atoms with van der Waals surface area (Å²) in [6.45, 7) is 2.19. The highest BCUT2D eigenvalue weighted by Crippen LogP contribution is 2.13. The summed E-state index contributed by atoms with van der Waals surface area (Å²) in [5.41, 5.74) is 0.916. The molecule has 1 amide bonds. The highest BCUT2D eigenvalue weighted by Gasteiger charge is 2.15. The van der Waals surface area contributed by atoms with E-state index in [1.807, 2.05) is 0 Å². The van der Waals surface area contributed by atoms with Crippen molar-refractivity contribution in [1.82, 2.24) is 4.90 Å². The van der Waals surface area contributed by atoms with E-state index >= 15 is 0 Å². The number of phenols is 1. The Hall–Kier alpha value is -2.04. The monoisotopic (exact) mass is 265 g/mol. The Balaban J connectivity index is 2.48. The molecule has 0 saturated carbocycles. The van der Waals surface area contributed by atoms with Crippen molar-refractivity contribution in [2.24, 2.45) is 5.92 Å². The molecule has 0 radical (unpaired) electrons. The van der Waals surface area contributed by atoms with Gasteiger partial charge < -0.3 is 15.1 Å². The van der Waals surface area contributed by atoms with E-state index in [-0.39, 0.29) is 30.4 Å². The third kappa shape index (κ3) is 5.42. The molecule has 1 aromatic rings. The summed E-state index contributed by atoms with van der Waals surface area (Å²) in [6.07, 6.45) is 0.222. The van der Waals surface area contributed by atoms with E-state index in [4.69, 9.17) is 10.2 Å². The lowest BCUT2D eigenvalue weighted by Crippen LogP contribution is -2.28. The lowest BCUT2D eigenvalue weighted by atomic mass is 10.0. The molecule has 0 heterocycles. The number of carboxylic acid groups (broad SMARTS) is 1. The van der Waals surface area contributed by atoms with E-state index in [2.05, 4.69) is 0 Å². The van der Waals surface area contributed by atoms with Crippen LogP contribution in [0.25, 0.3) is 0 Å². The fraction of sp³-hybridized carbons (Fsp3) is 0.429. The van der Waals surface area contributed by atoms with E-state index < -0.39 is 5.97 Å². The van der Waals surface area contributed by atoms with Crippen molar-refractivity contribution in [2.75, 3.05) is 7.05 Å². The number of benzene rings is 1. The number of hydrogen-bond donors (Lipinski definition) is 2. The maximum Gasteiger partial charge on any atom is 0.303 e. The molecular weight excluding hydrogens is 246 g/mol. The zero-order valence-electron chi connectivity index (χ0n) is 11.2. The summed E-state index contributed by atoms with van der Waals surface area (Å²) in [5.74, 6) is -0.955. The summed E-state index contributed by atoms with van der Waals surface area (Å²) < 4.78 is 0. The summed E-state index contributed by atoms with van der Waals surface area (Å²) in [4.78, 5) is 24.0. The Labute approximate surface area is 112 Å². The zero-order chi connectivity index (χ0) is 14.4. The van der Waals surface area contributed by atoms with Crippen molar-refractivity contribution in [1.29, 1.82) is 0 Å². The molecule has 2 N–H and O–H groups in total. The van der Waals surface area contributed by atoms with Gasteiger partial charge in [0.1, 0.15) is 5.75 Å². The molecule has 0 fully saturated rings. The molecule has 1 aromatic carbocycles. The molecule has 0 saturated heterocycles. The van der Waals surface area contributed by atoms with Crippen molar-refractivity contribution in [2.45, 2.75) is 26.3 Å². The van der Waals surface area contributed by atoms with Gasteiger partial charge >= 0.3 is 5.97 Å². The Bertz CT molecular complexity index is 441. The number of carboxylic acids is 1. The first kappa shape index (κ1) is 15.0. The molecule has 0 aliphatic heterocycles. The van der Waals surface area contributed by atoms with Crippen LogP contribution in [0.2, 0.25) is 0 Å². The van der Waals surface area contributed by atoms with Gasteiger partial charge in [0.15, 0.2) is 0 Å². The average molecular weight is 265 g/mol. The molecule has 5 nitrogen and oxygen atoms in total. The van der Waals surface area contributed by atoms with Crippen molar-refractivity contribution in [3.05, 3.63) is 29.8 Å². The predicted molar refractivity (Wildman–Crippen MR) is 70.6 cm³/mol. The number of phenolic OH excluding ortho intramolecular Hbond substituents is 1. The minimum atomic E-state index is -0.888. The number of carbonyl (C=O) groups excluding carboxylic acids is 1. The Morgan fingerprint density at radius 3 is 2.32 bits per heavy atom. The van der Waals surface area contributed by atoms with Crippen LogP contribution in [-0.4, -0.2) is 34.0 Å². The number of hydrogen-bond acceptors (Lipinski definition) is 3. The number of amides is 1. The normalized spacial score (nSPS) is 11.9. The van der Waals surface area contributed by atoms with Gasteiger partial charge in [0.05, 0.1) is 0 Å². The number of nitrogens with zero attached hydrogens (tertiary/aromatic N) is 1. The summed E-state index contributed by atoms with van der Waals surface area (Å²) >= 11 is 0. The van der Waals surface area contributed by atoms with Gasteiger partial charge in [-0.3, -0.25) is 9.59 Å². The molecule has 0 aliphatic rings. The van der Waals surface area contributed by atoms with Crippen LogP contribution >= 0.6 is 0 Å². The third-order valence-electron chi connectivity index (χ3n) is 2.83. The number of carbonyl (C=O) groups is 2. The second kappa shape index (κ2) is 6.78. The first-order valence-electron chi connectivity index (χ1n) is 6.12. The quantitative estimate of drug-likeness (QED) is 0.822. The van der Waals surface area contributed by atoms with Crippen LogP contribution in [0.5, 0.6) is 5.75 Å². The van der Waals surface area contributed by atoms with E-state index in [1.165, 1.54) is 0 Å². The first-order chi connectivity index (χ1) is 8.88. The highest BCUT2D eigenvalue weighted by molar-refractivity contribution is 5.77. The van der Waals surface area contributed by atoms with Crippen LogP contribution in [0.15, 0.2) is 24.3 Å². The van der Waals surface area contributed by atoms with Crippen LogP contribution in [0.3, 0.4) is 0 Å². The topological polar surface area (TPSA) is 77.8 Å². The van der Waals surface area contributed by atoms with Gasteiger partial charge in [-0.2, -0.15) is 0 Å². The largest absolute Gasteiger partial charge is 0.508 e. The Kier molecular flexibility index (Phi) is 5.36. The smallest absolute Gasteiger partial charge is 0.303 e. The minimum Gasteiger partial charge on any atom is -0.508 e. The van der Waals surface area contributed by atoms with Crippen molar-refractivity contribution in [3.8, 4) is 5.75 Å². The summed E-state index contributed by atoms with van der Waals surface area (Å²) in [7, 11) is 1.68. The zero-order valence-corrected chi connectivity index (χ0v) is 11.2. The molecule has 0 aliphatic carbocycles. The van der Waals surface area contributed by atoms with Crippen LogP contribution in [-0.2, 0) is 16.1 Å². The SMILES string of the molecule is CC(CC(=O)O)CC(=O)N(C)Cc1ccc(O)cc1. The average Bonchev–Trinajstić information content (AvgIpc) is 2.30. The van der Waals surface area contributed by atoms with E-state index in [0.717, 1.165) is 5.56 Å². The predicted octanol–water partition coefficient (Wildman–Crippen LogP) is 1.85. The fourth-order valence-electron chi connectivity index (χ4n) is 1.79. The van der Waals surface area contributed by atoms with Crippen LogP contribution in [0.4, 0.5) is 0 Å². The molecule has 1 unspecified atom stereocenters. The van der Waals surface area contributed by atoms with Crippen LogP contribution in [0.1, 0.15) is 25.3 Å². The van der Waals surface area contributed by atoms with E-state index in [0.29, 0.717) is 6.54 Å². The van der Waals surface area contributed by atoms with Gasteiger partial charge in [-0.1, -0.05) is 19.1 Å². The van der Waals surface area contributed by atoms with Gasteiger partial charge in [0, 0.05) is 26.4 Å². The van der Waals surface area contributed by atoms with Crippen molar-refractivity contribution in [3.63, 3.8) is 0 Å². The molecule has 19 heavy (non-hydrogen) atoms. The maximum atomic E-state index is 11.9. The maximum absolute atomic E-state index is 11.9. The molecule has 0 bridgehead atoms. The lowest BCUT2D eigenvalue weighted by Gasteiger charge is -2.19. The van der Waals surface area contributed by atoms with Gasteiger partial charge in [-0.25, -0.2) is 0 Å². The standard InChI is InChI=1S/C14H19NO4/c1-10(8-14(18)19)7-13(17)15(2)9-11-3-5-12(16)6-4-11/h3-6,10,16H,7-9H2,1-2H3,(H,18,19). The van der Waals surface area contributed by atoms with Gasteiger partial charge in [0.2, 0.25) is 5.91 Å². The van der Waals surface area contributed by atoms with Crippen molar-refractivity contribution >= 4 is 11.9 Å². The lowest BCUT2D eigenvalue weighted by molar-refractivity contribution is -0.138. The number of aliphatic carboxylic acids is 1. The Morgan fingerprint density at radius 2 is 1.79 bits per heavy atom. The van der Waals surface area contributed by atoms with E-state index in [9.17, 15) is 9.59 Å². The molecule has 1 atom stereocenters. The molecule has 5 heteroatoms. The van der Waals surface area contributed by atoms with Crippen molar-refractivity contribution < 1.29 is 19.8 Å². The second-order valence-electron chi connectivity index (χ2n) is 4.82. The first-order valence-corrected chi connectivity index (χ1v) is 6.12. The van der Waals surface area contributed by atoms with Gasteiger partial charge in [-0.05, 0) is 23.6 Å². The summed E-state index contributed by atoms with van der Waals surface area (Å²) in [5, 5.41) is 17.8. The molecule has 104 valence electrons. The fourth-order valence-corrected chi connectivity index (χ4v) is 1.79. The van der Waals surface area contributed by atoms with Crippen LogP contribution < -0.4 is 0 Å². The third-order valence-corrected chi connectivity index (χ3v) is 2.83.